The van der Waals surface area contributed by atoms with Crippen molar-refractivity contribution in [3.05, 3.63) is 129 Å². The van der Waals surface area contributed by atoms with E-state index >= 15 is 0 Å². The van der Waals surface area contributed by atoms with Gasteiger partial charge >= 0.3 is 0 Å². The van der Waals surface area contributed by atoms with E-state index in [2.05, 4.69) is 52.0 Å². The molecular weight excluding hydrogens is 924 g/mol. The van der Waals surface area contributed by atoms with Crippen molar-refractivity contribution in [2.75, 3.05) is 20.3 Å². The van der Waals surface area contributed by atoms with E-state index in [4.69, 9.17) is 48.7 Å². The Morgan fingerprint density at radius 3 is 1.45 bits per heavy atom. The largest absolute Gasteiger partial charge is 0.489 e. The van der Waals surface area contributed by atoms with Gasteiger partial charge in [-0.2, -0.15) is 5.10 Å². The highest BCUT2D eigenvalue weighted by Gasteiger charge is 2.21. The Labute approximate surface area is 415 Å². The summed E-state index contributed by atoms with van der Waals surface area (Å²) in [5.74, 6) is 6.69. The predicted octanol–water partition coefficient (Wildman–Crippen LogP) is 8.00. The molecule has 3 amide bonds. The number of hydrogen-bond acceptors (Lipinski definition) is 12. The number of halogens is 2. The number of aliphatic hydroxyl groups is 2. The van der Waals surface area contributed by atoms with Crippen molar-refractivity contribution in [2.45, 2.75) is 112 Å². The van der Waals surface area contributed by atoms with Crippen LogP contribution in [0.1, 0.15) is 112 Å². The second-order valence-electron chi connectivity index (χ2n) is 18.6. The fraction of sp³-hybridized carbons (Fsp3) is 0.412. The van der Waals surface area contributed by atoms with E-state index < -0.39 is 12.1 Å². The van der Waals surface area contributed by atoms with Gasteiger partial charge in [0.15, 0.2) is 5.82 Å². The van der Waals surface area contributed by atoms with Gasteiger partial charge in [-0.15, -0.1) is 0 Å². The Balaban J connectivity index is 0.000000318. The molecular formula is C51H68Cl2N8O8. The number of carbonyl (C=O) groups excluding carboxylic acids is 3. The highest BCUT2D eigenvalue weighted by Crippen LogP contribution is 2.28. The average Bonchev–Trinajstić information content (AvgIpc) is 3.81. The number of H-pyrrole nitrogens is 1. The van der Waals surface area contributed by atoms with Crippen molar-refractivity contribution in [1.82, 2.24) is 31.2 Å². The van der Waals surface area contributed by atoms with Crippen molar-refractivity contribution in [3.63, 3.8) is 0 Å². The third-order valence-corrected chi connectivity index (χ3v) is 10.4. The summed E-state index contributed by atoms with van der Waals surface area (Å²) in [6.45, 7) is 18.8. The first kappa shape index (κ1) is 57.3. The lowest BCUT2D eigenvalue weighted by molar-refractivity contribution is -0.128. The van der Waals surface area contributed by atoms with Crippen LogP contribution < -0.4 is 31.4 Å². The van der Waals surface area contributed by atoms with E-state index in [1.165, 1.54) is 7.11 Å². The van der Waals surface area contributed by atoms with E-state index in [0.29, 0.717) is 56.9 Å². The van der Waals surface area contributed by atoms with Crippen molar-refractivity contribution < 1.29 is 38.8 Å². The maximum Gasteiger partial charge on any atom is 0.251 e. The zero-order valence-corrected chi connectivity index (χ0v) is 42.8. The van der Waals surface area contributed by atoms with Crippen molar-refractivity contribution in [3.8, 4) is 22.9 Å². The van der Waals surface area contributed by atoms with Crippen LogP contribution in [0.2, 0.25) is 10.0 Å². The molecule has 18 heteroatoms. The Hall–Kier alpha value is -6.04. The molecule has 5 rings (SSSR count). The molecule has 69 heavy (non-hydrogen) atoms. The van der Waals surface area contributed by atoms with Crippen LogP contribution in [0.5, 0.6) is 11.5 Å². The molecule has 0 saturated heterocycles. The molecule has 0 saturated carbocycles. The van der Waals surface area contributed by atoms with Gasteiger partial charge in [0.1, 0.15) is 17.3 Å². The molecule has 0 aliphatic carbocycles. The molecule has 5 aromatic rings. The first-order valence-electron chi connectivity index (χ1n) is 22.4. The Morgan fingerprint density at radius 2 is 1.13 bits per heavy atom. The number of ether oxygens (including phenoxy) is 3. The van der Waals surface area contributed by atoms with Crippen LogP contribution in [0, 0.1) is 10.8 Å². The minimum absolute atomic E-state index is 0.0170. The van der Waals surface area contributed by atoms with Gasteiger partial charge in [0.25, 0.3) is 11.8 Å². The highest BCUT2D eigenvalue weighted by molar-refractivity contribution is 6.32. The third kappa shape index (κ3) is 18.8. The zero-order chi connectivity index (χ0) is 51.6. The normalized spacial score (nSPS) is 12.1. The number of hydrazine groups is 1. The number of hydrogen-bond donors (Lipinski definition) is 8. The Bertz CT molecular complexity index is 2450. The Kier molecular flexibility index (Phi) is 22.1. The number of methoxy groups -OCH3 is 1. The minimum atomic E-state index is -0.453. The maximum absolute atomic E-state index is 12.7. The first-order chi connectivity index (χ1) is 32.4. The SMILES string of the molecule is CC(C)(C)C(=O)NN.CC(C)Oc1ccc(C(=O)NC(CO)Cc2ccc(-c3n[nH]c(C(C)(C)C)n3)cc2)cc1Cl.COC(=N)c1ccc(CC(CO)NC(=O)c2ccc(OC(C)C)c(Cl)c2)cc1. The minimum Gasteiger partial charge on any atom is -0.489 e. The van der Waals surface area contributed by atoms with E-state index in [9.17, 15) is 24.6 Å². The molecule has 0 bridgehead atoms. The van der Waals surface area contributed by atoms with E-state index in [-0.39, 0.29) is 59.9 Å². The second kappa shape index (κ2) is 26.6. The topological polar surface area (TPSA) is 247 Å². The molecule has 4 aromatic carbocycles. The molecule has 1 heterocycles. The predicted molar refractivity (Wildman–Crippen MR) is 271 cm³/mol. The fourth-order valence-corrected chi connectivity index (χ4v) is 6.51. The summed E-state index contributed by atoms with van der Waals surface area (Å²) < 4.78 is 16.1. The van der Waals surface area contributed by atoms with Gasteiger partial charge in [-0.1, -0.05) is 101 Å². The van der Waals surface area contributed by atoms with Gasteiger partial charge in [-0.25, -0.2) is 10.8 Å². The number of nitrogens with zero attached hydrogens (tertiary/aromatic N) is 2. The van der Waals surface area contributed by atoms with Crippen LogP contribution in [0.25, 0.3) is 11.4 Å². The van der Waals surface area contributed by atoms with Crippen LogP contribution in [-0.4, -0.2) is 93.6 Å². The molecule has 0 fully saturated rings. The highest BCUT2D eigenvalue weighted by atomic mass is 35.5. The van der Waals surface area contributed by atoms with Gasteiger partial charge in [0.05, 0.1) is 54.7 Å². The molecule has 0 radical (unpaired) electrons. The smallest absolute Gasteiger partial charge is 0.251 e. The number of aromatic amines is 1. The molecule has 16 nitrogen and oxygen atoms in total. The number of rotatable bonds is 16. The van der Waals surface area contributed by atoms with Crippen LogP contribution in [0.15, 0.2) is 84.9 Å². The number of nitrogens with one attached hydrogen (secondary N) is 5. The summed E-state index contributed by atoms with van der Waals surface area (Å²) >= 11 is 12.4. The van der Waals surface area contributed by atoms with Crippen LogP contribution in [-0.2, 0) is 27.8 Å². The standard InChI is InChI=1S/C25H31ClN4O3.C21H25ClN2O4.C5H12N2O/c1-15(2)33-21-11-10-18(13-20(21)26)23(32)27-19(14-31)12-16-6-8-17(9-7-16)22-28-24(30-29-22)25(3,4)5;1-13(2)28-19-9-8-16(11-18(19)22)21(26)24-17(12-25)10-14-4-6-15(7-5-14)20(23)27-3;1-5(2,3)4(8)7-6/h6-11,13,15,19,31H,12,14H2,1-5H3,(H,27,32)(H,28,29,30);4-9,11,13,17,23,25H,10,12H2,1-3H3,(H,24,26);6H2,1-3H3,(H,7,8). The lowest BCUT2D eigenvalue weighted by atomic mass is 9.96. The molecule has 2 atom stereocenters. The molecule has 0 aliphatic rings. The molecule has 0 aliphatic heterocycles. The summed E-state index contributed by atoms with van der Waals surface area (Å²) in [6, 6.07) is 23.9. The van der Waals surface area contributed by atoms with Gasteiger partial charge < -0.3 is 35.1 Å². The van der Waals surface area contributed by atoms with Gasteiger partial charge in [-0.05, 0) is 100 Å². The number of aromatic nitrogens is 3. The zero-order valence-electron chi connectivity index (χ0n) is 41.3. The van der Waals surface area contributed by atoms with Crippen molar-refractivity contribution in [2.24, 2.45) is 11.3 Å². The maximum atomic E-state index is 12.7. The molecule has 1 aromatic heterocycles. The quantitative estimate of drug-likeness (QED) is 0.0155. The van der Waals surface area contributed by atoms with Gasteiger partial charge in [0.2, 0.25) is 11.8 Å². The summed E-state index contributed by atoms with van der Waals surface area (Å²) in [4.78, 5) is 40.4. The van der Waals surface area contributed by atoms with Crippen molar-refractivity contribution >= 4 is 46.8 Å². The lowest BCUT2D eigenvalue weighted by Gasteiger charge is -2.17. The number of carbonyl (C=O) groups is 3. The second-order valence-corrected chi connectivity index (χ2v) is 19.5. The van der Waals surface area contributed by atoms with E-state index in [1.807, 2.05) is 64.1 Å². The third-order valence-electron chi connectivity index (χ3n) is 9.83. The molecule has 2 unspecified atom stereocenters. The summed E-state index contributed by atoms with van der Waals surface area (Å²) in [5.41, 5.74) is 5.85. The fourth-order valence-electron chi connectivity index (χ4n) is 6.05. The number of nitrogens with two attached hydrogens (primary N) is 1. The summed E-state index contributed by atoms with van der Waals surface area (Å²) in [6.07, 6.45) is 0.892. The number of benzene rings is 4. The van der Waals surface area contributed by atoms with Crippen LogP contribution in [0.4, 0.5) is 0 Å². The van der Waals surface area contributed by atoms with Gasteiger partial charge in [0, 0.05) is 33.1 Å². The van der Waals surface area contributed by atoms with Crippen LogP contribution in [0.3, 0.4) is 0 Å². The number of amides is 3. The van der Waals surface area contributed by atoms with E-state index in [0.717, 1.165) is 22.5 Å². The number of aliphatic hydroxyl groups excluding tert-OH is 2. The monoisotopic (exact) mass is 990 g/mol. The van der Waals surface area contributed by atoms with Crippen molar-refractivity contribution in [1.29, 1.82) is 5.41 Å². The summed E-state index contributed by atoms with van der Waals surface area (Å²) in [5, 5.41) is 40.8. The Morgan fingerprint density at radius 1 is 0.710 bits per heavy atom. The first-order valence-corrected chi connectivity index (χ1v) is 23.1. The average molecular weight is 992 g/mol. The van der Waals surface area contributed by atoms with E-state index in [1.54, 1.807) is 69.3 Å². The molecule has 0 spiro atoms. The lowest BCUT2D eigenvalue weighted by Crippen LogP contribution is -2.39. The summed E-state index contributed by atoms with van der Waals surface area (Å²) in [7, 11) is 1.45. The molecule has 374 valence electrons. The van der Waals surface area contributed by atoms with Gasteiger partial charge in [-0.3, -0.25) is 30.3 Å². The van der Waals surface area contributed by atoms with Crippen LogP contribution >= 0.6 is 23.2 Å². The molecule has 9 N–H and O–H groups in total.